The van der Waals surface area contributed by atoms with Crippen LogP contribution >= 0.6 is 0 Å². The highest BCUT2D eigenvalue weighted by Crippen LogP contribution is 2.21. The molecule has 0 saturated carbocycles. The number of carbonyl (C=O) groups excluding carboxylic acids is 1. The lowest BCUT2D eigenvalue weighted by Crippen LogP contribution is -2.33. The van der Waals surface area contributed by atoms with E-state index in [9.17, 15) is 9.18 Å². The van der Waals surface area contributed by atoms with E-state index in [1.807, 2.05) is 0 Å². The van der Waals surface area contributed by atoms with Gasteiger partial charge in [-0.2, -0.15) is 0 Å². The van der Waals surface area contributed by atoms with Crippen LogP contribution in [0.2, 0.25) is 0 Å². The molecule has 7 heteroatoms. The van der Waals surface area contributed by atoms with E-state index in [-0.39, 0.29) is 11.6 Å². The first-order chi connectivity index (χ1) is 7.99. The molecule has 1 fully saturated rings. The number of anilines is 1. The van der Waals surface area contributed by atoms with Gasteiger partial charge in [-0.1, -0.05) is 6.07 Å². The Bertz CT molecular complexity index is 454. The van der Waals surface area contributed by atoms with Gasteiger partial charge in [0, 0.05) is 5.46 Å². The second-order valence-corrected chi connectivity index (χ2v) is 3.88. The fourth-order valence-corrected chi connectivity index (χ4v) is 1.71. The maximum atomic E-state index is 13.5. The largest absolute Gasteiger partial charge is 0.491 e. The molecule has 2 N–H and O–H groups in total. The van der Waals surface area contributed by atoms with Gasteiger partial charge in [0.2, 0.25) is 0 Å². The van der Waals surface area contributed by atoms with Gasteiger partial charge in [0.25, 0.3) is 0 Å². The van der Waals surface area contributed by atoms with Gasteiger partial charge in [0.1, 0.15) is 11.9 Å². The maximum Gasteiger partial charge on any atom is 0.491 e. The Hall–Kier alpha value is -1.60. The molecule has 0 aliphatic carbocycles. The normalized spacial score (nSPS) is 19.4. The zero-order valence-electron chi connectivity index (χ0n) is 9.13. The van der Waals surface area contributed by atoms with Crippen LogP contribution in [-0.2, 0) is 4.74 Å². The third kappa shape index (κ3) is 2.25. The zero-order chi connectivity index (χ0) is 12.6. The highest BCUT2D eigenvalue weighted by Gasteiger charge is 2.30. The first-order valence-corrected chi connectivity index (χ1v) is 5.13. The molecular weight excluding hydrogens is 228 g/mol. The molecule has 0 radical (unpaired) electrons. The molecule has 1 amide bonds. The average Bonchev–Trinajstić information content (AvgIpc) is 2.57. The van der Waals surface area contributed by atoms with Gasteiger partial charge in [0.05, 0.1) is 12.2 Å². The van der Waals surface area contributed by atoms with Crippen LogP contribution < -0.4 is 10.4 Å². The number of rotatable bonds is 2. The molecule has 2 rings (SSSR count). The van der Waals surface area contributed by atoms with Crippen molar-refractivity contribution in [2.45, 2.75) is 13.0 Å². The predicted molar refractivity (Wildman–Crippen MR) is 59.5 cm³/mol. The van der Waals surface area contributed by atoms with Crippen LogP contribution in [0.15, 0.2) is 18.2 Å². The highest BCUT2D eigenvalue weighted by molar-refractivity contribution is 6.58. The summed E-state index contributed by atoms with van der Waals surface area (Å²) in [6.45, 7) is 2.08. The summed E-state index contributed by atoms with van der Waals surface area (Å²) < 4.78 is 18.4. The summed E-state index contributed by atoms with van der Waals surface area (Å²) in [4.78, 5) is 12.7. The first kappa shape index (κ1) is 11.9. The number of cyclic esters (lactones) is 1. The minimum Gasteiger partial charge on any atom is -0.444 e. The van der Waals surface area contributed by atoms with Gasteiger partial charge < -0.3 is 14.8 Å². The van der Waals surface area contributed by atoms with Crippen molar-refractivity contribution in [1.82, 2.24) is 0 Å². The molecule has 1 aliphatic heterocycles. The summed E-state index contributed by atoms with van der Waals surface area (Å²) in [7, 11) is -1.87. The third-order valence-electron chi connectivity index (χ3n) is 2.54. The van der Waals surface area contributed by atoms with Crippen molar-refractivity contribution in [2.24, 2.45) is 0 Å². The number of benzene rings is 1. The Balaban J connectivity index is 2.29. The Labute approximate surface area is 97.6 Å². The van der Waals surface area contributed by atoms with Gasteiger partial charge in [0.15, 0.2) is 0 Å². The monoisotopic (exact) mass is 239 g/mol. The van der Waals surface area contributed by atoms with E-state index in [0.29, 0.717) is 12.2 Å². The summed E-state index contributed by atoms with van der Waals surface area (Å²) >= 11 is 0. The van der Waals surface area contributed by atoms with Crippen LogP contribution in [0, 0.1) is 5.82 Å². The van der Waals surface area contributed by atoms with Crippen molar-refractivity contribution < 1.29 is 24.0 Å². The van der Waals surface area contributed by atoms with Gasteiger partial charge in [-0.3, -0.25) is 4.90 Å². The van der Waals surface area contributed by atoms with E-state index >= 15 is 0 Å². The van der Waals surface area contributed by atoms with Crippen LogP contribution in [0.5, 0.6) is 0 Å². The molecule has 0 bridgehead atoms. The van der Waals surface area contributed by atoms with Crippen molar-refractivity contribution in [3.8, 4) is 0 Å². The van der Waals surface area contributed by atoms with E-state index in [2.05, 4.69) is 0 Å². The number of amides is 1. The number of halogens is 1. The predicted octanol–water partition coefficient (Wildman–Crippen LogP) is -0.149. The van der Waals surface area contributed by atoms with Crippen molar-refractivity contribution in [3.05, 3.63) is 24.0 Å². The van der Waals surface area contributed by atoms with E-state index in [0.717, 1.165) is 6.07 Å². The fourth-order valence-electron chi connectivity index (χ4n) is 1.71. The lowest BCUT2D eigenvalue weighted by Gasteiger charge is -2.13. The maximum absolute atomic E-state index is 13.5. The molecule has 1 atom stereocenters. The lowest BCUT2D eigenvalue weighted by atomic mass is 9.80. The Morgan fingerprint density at radius 2 is 2.24 bits per heavy atom. The van der Waals surface area contributed by atoms with Crippen LogP contribution in [0.1, 0.15) is 6.92 Å². The van der Waals surface area contributed by atoms with Crippen molar-refractivity contribution in [1.29, 1.82) is 0 Å². The highest BCUT2D eigenvalue weighted by atomic mass is 19.1. The molecule has 1 heterocycles. The summed E-state index contributed by atoms with van der Waals surface area (Å²) in [5.41, 5.74) is 0.107. The number of hydrogen-bond donors (Lipinski definition) is 2. The Morgan fingerprint density at radius 1 is 1.53 bits per heavy atom. The Morgan fingerprint density at radius 3 is 2.71 bits per heavy atom. The van der Waals surface area contributed by atoms with Crippen molar-refractivity contribution in [2.75, 3.05) is 11.4 Å². The molecule has 5 nitrogen and oxygen atoms in total. The quantitative estimate of drug-likeness (QED) is 0.704. The summed E-state index contributed by atoms with van der Waals surface area (Å²) in [5, 5.41) is 17.7. The lowest BCUT2D eigenvalue weighted by molar-refractivity contribution is 0.150. The topological polar surface area (TPSA) is 70.0 Å². The molecule has 17 heavy (non-hydrogen) atoms. The van der Waals surface area contributed by atoms with Crippen molar-refractivity contribution in [3.63, 3.8) is 0 Å². The standard InChI is InChI=1S/C10H11BFNO4/c1-6-5-13(10(14)17-6)7-2-3-8(11(15)16)9(12)4-7/h2-4,6,15-16H,5H2,1H3/t6-/m0/s1. The molecule has 0 unspecified atom stereocenters. The second-order valence-electron chi connectivity index (χ2n) is 3.88. The van der Waals surface area contributed by atoms with E-state index < -0.39 is 19.0 Å². The third-order valence-corrected chi connectivity index (χ3v) is 2.54. The second kappa shape index (κ2) is 4.35. The zero-order valence-corrected chi connectivity index (χ0v) is 9.13. The summed E-state index contributed by atoms with van der Waals surface area (Å²) in [6, 6.07) is 3.75. The molecule has 0 aromatic heterocycles. The molecular formula is C10H11BFNO4. The smallest absolute Gasteiger partial charge is 0.444 e. The molecule has 90 valence electrons. The number of ether oxygens (including phenoxy) is 1. The summed E-state index contributed by atoms with van der Waals surface area (Å²) in [6.07, 6.45) is -0.775. The van der Waals surface area contributed by atoms with Gasteiger partial charge in [-0.15, -0.1) is 0 Å². The van der Waals surface area contributed by atoms with E-state index in [4.69, 9.17) is 14.8 Å². The SMILES string of the molecule is C[C@H]1CN(c2ccc(B(O)O)c(F)c2)C(=O)O1. The number of hydrogen-bond acceptors (Lipinski definition) is 4. The van der Waals surface area contributed by atoms with E-state index in [1.165, 1.54) is 17.0 Å². The fraction of sp³-hybridized carbons (Fsp3) is 0.300. The minimum absolute atomic E-state index is 0.227. The first-order valence-electron chi connectivity index (χ1n) is 5.13. The van der Waals surface area contributed by atoms with E-state index in [1.54, 1.807) is 6.92 Å². The van der Waals surface area contributed by atoms with Crippen LogP contribution in [0.3, 0.4) is 0 Å². The minimum atomic E-state index is -1.87. The Kier molecular flexibility index (Phi) is 3.04. The molecule has 1 aliphatic rings. The van der Waals surface area contributed by atoms with Crippen molar-refractivity contribution >= 4 is 24.4 Å². The van der Waals surface area contributed by atoms with Crippen LogP contribution in [-0.4, -0.2) is 35.9 Å². The van der Waals surface area contributed by atoms with Gasteiger partial charge in [-0.25, -0.2) is 9.18 Å². The molecule has 0 spiro atoms. The molecule has 1 aromatic rings. The van der Waals surface area contributed by atoms with Crippen LogP contribution in [0.25, 0.3) is 0 Å². The number of carbonyl (C=O) groups is 1. The average molecular weight is 239 g/mol. The van der Waals surface area contributed by atoms with Gasteiger partial charge >= 0.3 is 13.2 Å². The summed E-state index contributed by atoms with van der Waals surface area (Å²) in [5.74, 6) is -0.773. The molecule has 1 aromatic carbocycles. The van der Waals surface area contributed by atoms with Gasteiger partial charge in [-0.05, 0) is 19.1 Å². The van der Waals surface area contributed by atoms with Crippen LogP contribution in [0.4, 0.5) is 14.9 Å². The number of nitrogens with zero attached hydrogens (tertiary/aromatic N) is 1. The molecule has 1 saturated heterocycles.